The van der Waals surface area contributed by atoms with Crippen molar-refractivity contribution in [1.82, 2.24) is 25.1 Å². The van der Waals surface area contributed by atoms with Gasteiger partial charge in [-0.2, -0.15) is 5.10 Å². The Bertz CT molecular complexity index is 814. The number of aromatic hydroxyl groups is 1. The van der Waals surface area contributed by atoms with Gasteiger partial charge in [-0.25, -0.2) is 9.78 Å². The number of amides is 2. The number of phenolic OH excluding ortho intramolecular Hbond substituents is 1. The number of rotatable bonds is 2. The minimum absolute atomic E-state index is 0.0436. The van der Waals surface area contributed by atoms with Gasteiger partial charge in [-0.05, 0) is 6.07 Å². The van der Waals surface area contributed by atoms with Gasteiger partial charge >= 0.3 is 6.03 Å². The molecule has 0 atom stereocenters. The summed E-state index contributed by atoms with van der Waals surface area (Å²) in [5.74, 6) is 0.432. The molecule has 2 aromatic heterocycles. The van der Waals surface area contributed by atoms with Crippen LogP contribution in [0.1, 0.15) is 0 Å². The first-order valence-electron chi connectivity index (χ1n) is 6.36. The number of phenols is 1. The summed E-state index contributed by atoms with van der Waals surface area (Å²) in [5, 5.41) is 19.3. The highest BCUT2D eigenvalue weighted by atomic mass is 35.5. The van der Waals surface area contributed by atoms with Crippen LogP contribution in [0.15, 0.2) is 18.3 Å². The van der Waals surface area contributed by atoms with Crippen LogP contribution in [0.25, 0.3) is 22.6 Å². The number of nitrogens with one attached hydrogen (secondary N) is 3. The zero-order valence-electron chi connectivity index (χ0n) is 11.8. The monoisotopic (exact) mass is 320 g/mol. The molecular weight excluding hydrogens is 308 g/mol. The molecule has 0 radical (unpaired) electrons. The van der Waals surface area contributed by atoms with Crippen LogP contribution in [0.3, 0.4) is 0 Å². The number of imidazole rings is 1. The Balaban J connectivity index is 2.01. The Kier molecular flexibility index (Phi) is 3.38. The van der Waals surface area contributed by atoms with E-state index in [9.17, 15) is 9.90 Å². The molecule has 9 heteroatoms. The molecule has 0 spiro atoms. The van der Waals surface area contributed by atoms with Crippen LogP contribution >= 0.6 is 11.6 Å². The van der Waals surface area contributed by atoms with Crippen LogP contribution in [-0.2, 0) is 0 Å². The highest BCUT2D eigenvalue weighted by Gasteiger charge is 2.16. The average molecular weight is 321 g/mol. The number of carbonyl (C=O) groups is 1. The normalized spacial score (nSPS) is 10.9. The van der Waals surface area contributed by atoms with E-state index in [0.29, 0.717) is 28.2 Å². The lowest BCUT2D eigenvalue weighted by atomic mass is 10.3. The Morgan fingerprint density at radius 2 is 2.18 bits per heavy atom. The summed E-state index contributed by atoms with van der Waals surface area (Å²) >= 11 is 5.88. The molecule has 3 rings (SSSR count). The fourth-order valence-corrected chi connectivity index (χ4v) is 2.09. The van der Waals surface area contributed by atoms with Crippen LogP contribution < -0.4 is 5.32 Å². The van der Waals surface area contributed by atoms with Crippen LogP contribution in [0.4, 0.5) is 10.5 Å². The number of nitrogens with zero attached hydrogens (tertiary/aromatic N) is 3. The summed E-state index contributed by atoms with van der Waals surface area (Å²) < 4.78 is 0. The zero-order valence-corrected chi connectivity index (χ0v) is 12.6. The van der Waals surface area contributed by atoms with Crippen LogP contribution in [0.5, 0.6) is 5.75 Å². The molecule has 0 aliphatic rings. The second-order valence-electron chi connectivity index (χ2n) is 4.89. The van der Waals surface area contributed by atoms with Crippen LogP contribution in [-0.4, -0.2) is 50.3 Å². The van der Waals surface area contributed by atoms with E-state index in [1.807, 2.05) is 0 Å². The lowest BCUT2D eigenvalue weighted by molar-refractivity contribution is 0.230. The Hall–Kier alpha value is -2.74. The predicted molar refractivity (Wildman–Crippen MR) is 83.1 cm³/mol. The van der Waals surface area contributed by atoms with Gasteiger partial charge in [0.05, 0.1) is 27.9 Å². The SMILES string of the molecule is CN(C)C(=O)Nc1cn[nH]c1-c1nc2cc(O)c(Cl)cc2[nH]1. The van der Waals surface area contributed by atoms with Crippen LogP contribution in [0, 0.1) is 0 Å². The molecule has 1 aromatic carbocycles. The van der Waals surface area contributed by atoms with E-state index in [1.165, 1.54) is 17.2 Å². The van der Waals surface area contributed by atoms with E-state index in [2.05, 4.69) is 25.5 Å². The van der Waals surface area contributed by atoms with E-state index >= 15 is 0 Å². The van der Waals surface area contributed by atoms with E-state index < -0.39 is 0 Å². The maximum Gasteiger partial charge on any atom is 0.321 e. The number of aromatic nitrogens is 4. The molecule has 2 heterocycles. The topological polar surface area (TPSA) is 110 Å². The zero-order chi connectivity index (χ0) is 15.9. The highest BCUT2D eigenvalue weighted by Crippen LogP contribution is 2.31. The highest BCUT2D eigenvalue weighted by molar-refractivity contribution is 6.32. The van der Waals surface area contributed by atoms with E-state index in [4.69, 9.17) is 11.6 Å². The van der Waals surface area contributed by atoms with E-state index in [0.717, 1.165) is 0 Å². The van der Waals surface area contributed by atoms with Gasteiger partial charge in [0, 0.05) is 20.2 Å². The van der Waals surface area contributed by atoms with Gasteiger partial charge in [0.15, 0.2) is 5.82 Å². The Morgan fingerprint density at radius 1 is 1.41 bits per heavy atom. The van der Waals surface area contributed by atoms with Crippen molar-refractivity contribution in [3.8, 4) is 17.3 Å². The summed E-state index contributed by atoms with van der Waals surface area (Å²) in [7, 11) is 3.28. The number of aromatic amines is 2. The Morgan fingerprint density at radius 3 is 2.91 bits per heavy atom. The molecule has 114 valence electrons. The predicted octanol–water partition coefficient (Wildman–Crippen LogP) is 2.41. The number of halogens is 1. The van der Waals surface area contributed by atoms with Crippen molar-refractivity contribution in [3.63, 3.8) is 0 Å². The van der Waals surface area contributed by atoms with Gasteiger partial charge in [-0.15, -0.1) is 0 Å². The molecule has 0 aliphatic heterocycles. The summed E-state index contributed by atoms with van der Waals surface area (Å²) in [6.45, 7) is 0. The summed E-state index contributed by atoms with van der Waals surface area (Å²) in [6, 6.07) is 2.77. The van der Waals surface area contributed by atoms with Gasteiger partial charge in [0.1, 0.15) is 11.4 Å². The molecule has 8 nitrogen and oxygen atoms in total. The third-order valence-electron chi connectivity index (χ3n) is 3.07. The number of hydrogen-bond acceptors (Lipinski definition) is 4. The van der Waals surface area contributed by atoms with Gasteiger partial charge in [-0.3, -0.25) is 5.10 Å². The number of H-pyrrole nitrogens is 2. The second kappa shape index (κ2) is 5.23. The van der Waals surface area contributed by atoms with E-state index in [1.54, 1.807) is 20.2 Å². The van der Waals surface area contributed by atoms with Crippen molar-refractivity contribution < 1.29 is 9.90 Å². The number of benzene rings is 1. The summed E-state index contributed by atoms with van der Waals surface area (Å²) in [6.07, 6.45) is 1.49. The Labute approximate surface area is 130 Å². The van der Waals surface area contributed by atoms with Crippen molar-refractivity contribution in [2.75, 3.05) is 19.4 Å². The second-order valence-corrected chi connectivity index (χ2v) is 5.30. The molecule has 0 saturated heterocycles. The number of hydrogen-bond donors (Lipinski definition) is 4. The average Bonchev–Trinajstić information content (AvgIpc) is 3.05. The first-order chi connectivity index (χ1) is 10.5. The summed E-state index contributed by atoms with van der Waals surface area (Å²) in [4.78, 5) is 20.6. The number of carbonyl (C=O) groups excluding carboxylic acids is 1. The number of fused-ring (bicyclic) bond motifs is 1. The maximum atomic E-state index is 11.7. The van der Waals surface area contributed by atoms with Gasteiger partial charge < -0.3 is 20.3 Å². The standard InChI is InChI=1S/C13H13ClN6O2/c1-20(2)13(22)18-9-5-15-19-11(9)12-16-7-3-6(14)10(21)4-8(7)17-12/h3-5,21H,1-2H3,(H,15,19)(H,16,17)(H,18,22). The van der Waals surface area contributed by atoms with Gasteiger partial charge in [0.25, 0.3) is 0 Å². The van der Waals surface area contributed by atoms with Crippen LogP contribution in [0.2, 0.25) is 5.02 Å². The molecule has 0 bridgehead atoms. The molecule has 0 aliphatic carbocycles. The minimum Gasteiger partial charge on any atom is -0.506 e. The molecule has 2 amide bonds. The molecule has 22 heavy (non-hydrogen) atoms. The summed E-state index contributed by atoms with van der Waals surface area (Å²) in [5.41, 5.74) is 2.24. The van der Waals surface area contributed by atoms with Gasteiger partial charge in [-0.1, -0.05) is 11.6 Å². The van der Waals surface area contributed by atoms with Crippen molar-refractivity contribution in [1.29, 1.82) is 0 Å². The molecule has 0 fully saturated rings. The fraction of sp³-hybridized carbons (Fsp3) is 0.154. The molecule has 3 aromatic rings. The molecule has 4 N–H and O–H groups in total. The molecular formula is C13H13ClN6O2. The smallest absolute Gasteiger partial charge is 0.321 e. The lowest BCUT2D eigenvalue weighted by Gasteiger charge is -2.11. The third-order valence-corrected chi connectivity index (χ3v) is 3.38. The minimum atomic E-state index is -0.278. The van der Waals surface area contributed by atoms with Crippen molar-refractivity contribution in [2.45, 2.75) is 0 Å². The first kappa shape index (κ1) is 14.2. The first-order valence-corrected chi connectivity index (χ1v) is 6.74. The number of anilines is 1. The van der Waals surface area contributed by atoms with Crippen molar-refractivity contribution >= 4 is 34.4 Å². The maximum absolute atomic E-state index is 11.7. The quantitative estimate of drug-likeness (QED) is 0.581. The van der Waals surface area contributed by atoms with Crippen molar-refractivity contribution in [2.24, 2.45) is 0 Å². The van der Waals surface area contributed by atoms with Gasteiger partial charge in [0.2, 0.25) is 0 Å². The third kappa shape index (κ3) is 2.44. The molecule has 0 saturated carbocycles. The number of urea groups is 1. The largest absolute Gasteiger partial charge is 0.506 e. The van der Waals surface area contributed by atoms with Crippen molar-refractivity contribution in [3.05, 3.63) is 23.4 Å². The van der Waals surface area contributed by atoms with E-state index in [-0.39, 0.29) is 16.8 Å². The fourth-order valence-electron chi connectivity index (χ4n) is 1.93. The molecule has 0 unspecified atom stereocenters. The lowest BCUT2D eigenvalue weighted by Crippen LogP contribution is -2.27.